The molecule has 1 heterocycles. The number of pyridine rings is 1. The molecule has 0 fully saturated rings. The number of anilines is 1. The molecule has 1 aromatic carbocycles. The standard InChI is InChI=1S/C13H10ClF3N2O/c14-11-6-19-4-3-8(11)7-20-12-2-1-9(18)5-10(12)13(15,16)17/h1-6H,7,18H2. The highest BCUT2D eigenvalue weighted by molar-refractivity contribution is 6.31. The van der Waals surface area contributed by atoms with Crippen LogP contribution in [-0.2, 0) is 12.8 Å². The summed E-state index contributed by atoms with van der Waals surface area (Å²) in [6, 6.07) is 4.95. The first-order valence-corrected chi connectivity index (χ1v) is 5.93. The number of hydrogen-bond acceptors (Lipinski definition) is 3. The van der Waals surface area contributed by atoms with Crippen molar-refractivity contribution in [2.24, 2.45) is 0 Å². The summed E-state index contributed by atoms with van der Waals surface area (Å²) in [6.07, 6.45) is -1.65. The summed E-state index contributed by atoms with van der Waals surface area (Å²) >= 11 is 5.86. The van der Waals surface area contributed by atoms with E-state index in [9.17, 15) is 13.2 Å². The summed E-state index contributed by atoms with van der Waals surface area (Å²) in [4.78, 5) is 3.78. The predicted octanol–water partition coefficient (Wildman–Crippen LogP) is 3.92. The number of nitrogens with two attached hydrogens (primary N) is 1. The number of hydrogen-bond donors (Lipinski definition) is 1. The van der Waals surface area contributed by atoms with Gasteiger partial charge >= 0.3 is 6.18 Å². The Kier molecular flexibility index (Phi) is 4.04. The largest absolute Gasteiger partial charge is 0.488 e. The molecule has 0 aliphatic rings. The summed E-state index contributed by atoms with van der Waals surface area (Å²) in [7, 11) is 0. The van der Waals surface area contributed by atoms with Crippen LogP contribution in [0.2, 0.25) is 5.02 Å². The fourth-order valence-corrected chi connectivity index (χ4v) is 1.75. The molecule has 0 aliphatic heterocycles. The third-order valence-electron chi connectivity index (χ3n) is 2.55. The maximum absolute atomic E-state index is 12.9. The van der Waals surface area contributed by atoms with Crippen molar-refractivity contribution >= 4 is 17.3 Å². The molecule has 0 saturated heterocycles. The van der Waals surface area contributed by atoms with Crippen molar-refractivity contribution in [2.45, 2.75) is 12.8 Å². The van der Waals surface area contributed by atoms with E-state index in [2.05, 4.69) is 4.98 Å². The van der Waals surface area contributed by atoms with E-state index in [1.165, 1.54) is 24.5 Å². The van der Waals surface area contributed by atoms with Gasteiger partial charge in [-0.3, -0.25) is 4.98 Å². The Labute approximate surface area is 118 Å². The molecule has 7 heteroatoms. The number of benzene rings is 1. The molecule has 0 radical (unpaired) electrons. The van der Waals surface area contributed by atoms with Gasteiger partial charge in [0.05, 0.1) is 10.6 Å². The molecule has 2 rings (SSSR count). The SMILES string of the molecule is Nc1ccc(OCc2ccncc2Cl)c(C(F)(F)F)c1. The van der Waals surface area contributed by atoms with Gasteiger partial charge in [0.2, 0.25) is 0 Å². The van der Waals surface area contributed by atoms with Gasteiger partial charge in [0.1, 0.15) is 12.4 Å². The van der Waals surface area contributed by atoms with Gasteiger partial charge in [0.25, 0.3) is 0 Å². The first-order chi connectivity index (χ1) is 9.38. The van der Waals surface area contributed by atoms with Crippen molar-refractivity contribution in [3.05, 3.63) is 52.8 Å². The normalized spacial score (nSPS) is 11.4. The van der Waals surface area contributed by atoms with Gasteiger partial charge in [-0.05, 0) is 24.3 Å². The van der Waals surface area contributed by atoms with E-state index in [0.717, 1.165) is 6.07 Å². The van der Waals surface area contributed by atoms with Crippen LogP contribution in [0.25, 0.3) is 0 Å². The smallest absolute Gasteiger partial charge is 0.420 e. The van der Waals surface area contributed by atoms with Crippen molar-refractivity contribution in [2.75, 3.05) is 5.73 Å². The molecule has 2 N–H and O–H groups in total. The van der Waals surface area contributed by atoms with E-state index in [-0.39, 0.29) is 18.0 Å². The molecule has 20 heavy (non-hydrogen) atoms. The van der Waals surface area contributed by atoms with Gasteiger partial charge in [-0.1, -0.05) is 11.6 Å². The lowest BCUT2D eigenvalue weighted by atomic mass is 10.1. The zero-order chi connectivity index (χ0) is 14.8. The molecule has 0 saturated carbocycles. The quantitative estimate of drug-likeness (QED) is 0.874. The van der Waals surface area contributed by atoms with Crippen molar-refractivity contribution in [1.29, 1.82) is 0 Å². The van der Waals surface area contributed by atoms with Gasteiger partial charge in [0, 0.05) is 23.6 Å². The first-order valence-electron chi connectivity index (χ1n) is 5.56. The van der Waals surface area contributed by atoms with Crippen LogP contribution in [0, 0.1) is 0 Å². The fraction of sp³-hybridized carbons (Fsp3) is 0.154. The van der Waals surface area contributed by atoms with Crippen LogP contribution in [0.5, 0.6) is 5.75 Å². The average Bonchev–Trinajstić information content (AvgIpc) is 2.38. The molecule has 0 atom stereocenters. The maximum Gasteiger partial charge on any atom is 0.420 e. The number of ether oxygens (including phenoxy) is 1. The van der Waals surface area contributed by atoms with Gasteiger partial charge in [-0.15, -0.1) is 0 Å². The van der Waals surface area contributed by atoms with E-state index in [0.29, 0.717) is 10.6 Å². The summed E-state index contributed by atoms with van der Waals surface area (Å²) in [5, 5.41) is 0.330. The van der Waals surface area contributed by atoms with Crippen LogP contribution in [-0.4, -0.2) is 4.98 Å². The predicted molar refractivity (Wildman–Crippen MR) is 69.4 cm³/mol. The van der Waals surface area contributed by atoms with Crippen LogP contribution in [0.15, 0.2) is 36.7 Å². The van der Waals surface area contributed by atoms with E-state index >= 15 is 0 Å². The minimum Gasteiger partial charge on any atom is -0.488 e. The lowest BCUT2D eigenvalue weighted by Gasteiger charge is -2.14. The van der Waals surface area contributed by atoms with Crippen molar-refractivity contribution < 1.29 is 17.9 Å². The highest BCUT2D eigenvalue weighted by Gasteiger charge is 2.34. The molecule has 3 nitrogen and oxygen atoms in total. The molecule has 0 unspecified atom stereocenters. The summed E-state index contributed by atoms with van der Waals surface area (Å²) in [6.45, 7) is -0.0889. The van der Waals surface area contributed by atoms with Crippen molar-refractivity contribution in [1.82, 2.24) is 4.98 Å². The average molecular weight is 303 g/mol. The number of alkyl halides is 3. The monoisotopic (exact) mass is 302 g/mol. The molecule has 0 amide bonds. The Morgan fingerprint density at radius 3 is 2.65 bits per heavy atom. The maximum atomic E-state index is 12.9. The van der Waals surface area contributed by atoms with Crippen LogP contribution in [0.1, 0.15) is 11.1 Å². The Morgan fingerprint density at radius 2 is 2.00 bits per heavy atom. The lowest BCUT2D eigenvalue weighted by molar-refractivity contribution is -0.139. The van der Waals surface area contributed by atoms with Gasteiger partial charge in [-0.2, -0.15) is 13.2 Å². The number of rotatable bonds is 3. The Balaban J connectivity index is 2.24. The third-order valence-corrected chi connectivity index (χ3v) is 2.89. The zero-order valence-electron chi connectivity index (χ0n) is 10.1. The lowest BCUT2D eigenvalue weighted by Crippen LogP contribution is -2.09. The second kappa shape index (κ2) is 5.58. The molecule has 2 aromatic rings. The van der Waals surface area contributed by atoms with Crippen LogP contribution in [0.3, 0.4) is 0 Å². The van der Waals surface area contributed by atoms with Gasteiger partial charge in [-0.25, -0.2) is 0 Å². The molecule has 0 bridgehead atoms. The molecule has 0 aliphatic carbocycles. The zero-order valence-corrected chi connectivity index (χ0v) is 10.9. The fourth-order valence-electron chi connectivity index (χ4n) is 1.57. The van der Waals surface area contributed by atoms with Gasteiger partial charge in [0.15, 0.2) is 0 Å². The molecular weight excluding hydrogens is 293 g/mol. The van der Waals surface area contributed by atoms with E-state index in [1.54, 1.807) is 6.07 Å². The van der Waals surface area contributed by atoms with E-state index in [1.807, 2.05) is 0 Å². The third kappa shape index (κ3) is 3.33. The first kappa shape index (κ1) is 14.5. The summed E-state index contributed by atoms with van der Waals surface area (Å²) in [5.74, 6) is -0.292. The minimum atomic E-state index is -4.53. The minimum absolute atomic E-state index is 0.0200. The second-order valence-corrected chi connectivity index (χ2v) is 4.42. The van der Waals surface area contributed by atoms with E-state index < -0.39 is 11.7 Å². The Hall–Kier alpha value is -1.95. The second-order valence-electron chi connectivity index (χ2n) is 4.01. The molecule has 0 spiro atoms. The number of nitrogen functional groups attached to an aromatic ring is 1. The Bertz CT molecular complexity index is 617. The topological polar surface area (TPSA) is 48.1 Å². The number of nitrogens with zero attached hydrogens (tertiary/aromatic N) is 1. The van der Waals surface area contributed by atoms with Crippen LogP contribution < -0.4 is 10.5 Å². The number of aromatic nitrogens is 1. The van der Waals surface area contributed by atoms with Crippen LogP contribution >= 0.6 is 11.6 Å². The molecular formula is C13H10ClF3N2O. The molecule has 1 aromatic heterocycles. The van der Waals surface area contributed by atoms with Gasteiger partial charge < -0.3 is 10.5 Å². The Morgan fingerprint density at radius 1 is 1.25 bits per heavy atom. The summed E-state index contributed by atoms with van der Waals surface area (Å²) < 4.78 is 43.8. The van der Waals surface area contributed by atoms with Crippen LogP contribution in [0.4, 0.5) is 18.9 Å². The van der Waals surface area contributed by atoms with E-state index in [4.69, 9.17) is 22.1 Å². The highest BCUT2D eigenvalue weighted by atomic mass is 35.5. The highest BCUT2D eigenvalue weighted by Crippen LogP contribution is 2.37. The van der Waals surface area contributed by atoms with Crippen molar-refractivity contribution in [3.8, 4) is 5.75 Å². The summed E-state index contributed by atoms with van der Waals surface area (Å²) in [5.41, 5.74) is 5.02. The number of halogens is 4. The molecule has 106 valence electrons. The van der Waals surface area contributed by atoms with Crippen molar-refractivity contribution in [3.63, 3.8) is 0 Å².